The lowest BCUT2D eigenvalue weighted by atomic mass is 9.92. The van der Waals surface area contributed by atoms with E-state index < -0.39 is 11.6 Å². The molecule has 0 radical (unpaired) electrons. The van der Waals surface area contributed by atoms with Crippen LogP contribution in [0.1, 0.15) is 39.8 Å². The quantitative estimate of drug-likeness (QED) is 0.882. The summed E-state index contributed by atoms with van der Waals surface area (Å²) in [5, 5.41) is 9.84. The molecule has 0 saturated heterocycles. The van der Waals surface area contributed by atoms with Crippen LogP contribution in [0.4, 0.5) is 14.5 Å². The monoisotopic (exact) mass is 321 g/mol. The molecule has 0 bridgehead atoms. The van der Waals surface area contributed by atoms with E-state index in [1.54, 1.807) is 0 Å². The van der Waals surface area contributed by atoms with Crippen molar-refractivity contribution in [1.82, 2.24) is 10.2 Å². The number of hydrogen-bond acceptors (Lipinski definition) is 2. The Hall–Kier alpha value is -2.24. The molecule has 0 aliphatic rings. The van der Waals surface area contributed by atoms with Crippen molar-refractivity contribution in [3.63, 3.8) is 0 Å². The number of carbonyl (C=O) groups excluding carboxylic acids is 1. The van der Waals surface area contributed by atoms with Gasteiger partial charge in [-0.15, -0.1) is 0 Å². The molecule has 2 aromatic rings. The molecule has 23 heavy (non-hydrogen) atoms. The fourth-order valence-corrected chi connectivity index (χ4v) is 2.29. The Kier molecular flexibility index (Phi) is 4.82. The van der Waals surface area contributed by atoms with E-state index in [2.05, 4.69) is 15.5 Å². The molecule has 0 spiro atoms. The molecule has 0 saturated carbocycles. The molecule has 1 aromatic carbocycles. The zero-order valence-electron chi connectivity index (χ0n) is 13.8. The topological polar surface area (TPSA) is 57.8 Å². The summed E-state index contributed by atoms with van der Waals surface area (Å²) in [4.78, 5) is 12.2. The summed E-state index contributed by atoms with van der Waals surface area (Å²) < 4.78 is 26.6. The van der Waals surface area contributed by atoms with E-state index in [1.165, 1.54) is 6.07 Å². The van der Waals surface area contributed by atoms with Gasteiger partial charge in [-0.05, 0) is 30.0 Å². The first kappa shape index (κ1) is 17.1. The number of hydrogen-bond donors (Lipinski definition) is 2. The molecule has 0 fully saturated rings. The molecule has 6 heteroatoms. The number of aromatic amines is 1. The lowest BCUT2D eigenvalue weighted by Crippen LogP contribution is -2.20. The van der Waals surface area contributed by atoms with Crippen molar-refractivity contribution in [1.29, 1.82) is 0 Å². The maximum atomic E-state index is 13.5. The van der Waals surface area contributed by atoms with E-state index in [-0.39, 0.29) is 11.3 Å². The molecular weight excluding hydrogens is 300 g/mol. The molecule has 0 aliphatic heterocycles. The van der Waals surface area contributed by atoms with Crippen molar-refractivity contribution in [2.45, 2.75) is 40.5 Å². The highest BCUT2D eigenvalue weighted by atomic mass is 19.2. The molecule has 4 nitrogen and oxygen atoms in total. The summed E-state index contributed by atoms with van der Waals surface area (Å²) in [6.45, 7) is 7.83. The highest BCUT2D eigenvalue weighted by Crippen LogP contribution is 2.31. The van der Waals surface area contributed by atoms with Gasteiger partial charge in [-0.25, -0.2) is 8.78 Å². The average molecular weight is 321 g/mol. The standard InChI is InChI=1S/C17H21F2N3O/c1-5-13-16(20-14(23)9-17(2,3)4)15(22-21-13)10-6-7-11(18)12(19)8-10/h6-8H,5,9H2,1-4H3,(H,20,23)(H,21,22). The zero-order chi connectivity index (χ0) is 17.2. The Morgan fingerprint density at radius 1 is 1.26 bits per heavy atom. The predicted molar refractivity (Wildman–Crippen MR) is 86.0 cm³/mol. The number of aromatic nitrogens is 2. The van der Waals surface area contributed by atoms with Crippen molar-refractivity contribution in [3.05, 3.63) is 35.5 Å². The molecule has 0 unspecified atom stereocenters. The lowest BCUT2D eigenvalue weighted by molar-refractivity contribution is -0.117. The third-order valence-corrected chi connectivity index (χ3v) is 3.34. The van der Waals surface area contributed by atoms with E-state index in [9.17, 15) is 13.6 Å². The summed E-state index contributed by atoms with van der Waals surface area (Å²) in [5.41, 5.74) is 1.93. The fourth-order valence-electron chi connectivity index (χ4n) is 2.29. The Balaban J connectivity index is 2.37. The molecule has 0 atom stereocenters. The van der Waals surface area contributed by atoms with Gasteiger partial charge in [0, 0.05) is 12.0 Å². The van der Waals surface area contributed by atoms with Crippen LogP contribution in [-0.2, 0) is 11.2 Å². The van der Waals surface area contributed by atoms with Crippen molar-refractivity contribution in [2.24, 2.45) is 5.41 Å². The lowest BCUT2D eigenvalue weighted by Gasteiger charge is -2.17. The Morgan fingerprint density at radius 2 is 1.96 bits per heavy atom. The highest BCUT2D eigenvalue weighted by molar-refractivity contribution is 5.95. The number of amides is 1. The smallest absolute Gasteiger partial charge is 0.225 e. The molecule has 2 N–H and O–H groups in total. The van der Waals surface area contributed by atoms with Crippen molar-refractivity contribution >= 4 is 11.6 Å². The van der Waals surface area contributed by atoms with Crippen molar-refractivity contribution < 1.29 is 13.6 Å². The first-order chi connectivity index (χ1) is 10.7. The van der Waals surface area contributed by atoms with Gasteiger partial charge >= 0.3 is 0 Å². The van der Waals surface area contributed by atoms with E-state index in [0.717, 1.165) is 17.8 Å². The normalized spacial score (nSPS) is 11.6. The number of halogens is 2. The van der Waals surface area contributed by atoms with Gasteiger partial charge in [-0.3, -0.25) is 9.89 Å². The van der Waals surface area contributed by atoms with Gasteiger partial charge in [0.05, 0.1) is 11.4 Å². The number of nitrogens with one attached hydrogen (secondary N) is 2. The molecule has 1 aromatic heterocycles. The summed E-state index contributed by atoms with van der Waals surface area (Å²) in [7, 11) is 0. The van der Waals surface area contributed by atoms with Crippen LogP contribution in [0.3, 0.4) is 0 Å². The van der Waals surface area contributed by atoms with Gasteiger partial charge in [-0.2, -0.15) is 5.10 Å². The first-order valence-electron chi connectivity index (χ1n) is 7.54. The average Bonchev–Trinajstić information content (AvgIpc) is 2.82. The van der Waals surface area contributed by atoms with Crippen LogP contribution in [0.5, 0.6) is 0 Å². The predicted octanol–water partition coefficient (Wildman–Crippen LogP) is 4.29. The summed E-state index contributed by atoms with van der Waals surface area (Å²) in [5.74, 6) is -2.01. The maximum absolute atomic E-state index is 13.5. The van der Waals surface area contributed by atoms with Gasteiger partial charge in [0.1, 0.15) is 5.69 Å². The number of anilines is 1. The second-order valence-corrected chi connectivity index (χ2v) is 6.69. The molecule has 0 aliphatic carbocycles. The number of rotatable bonds is 4. The second kappa shape index (κ2) is 6.48. The minimum Gasteiger partial charge on any atom is -0.323 e. The van der Waals surface area contributed by atoms with Crippen LogP contribution in [0.25, 0.3) is 11.3 Å². The second-order valence-electron chi connectivity index (χ2n) is 6.69. The maximum Gasteiger partial charge on any atom is 0.225 e. The van der Waals surface area contributed by atoms with E-state index in [0.29, 0.717) is 29.8 Å². The minimum atomic E-state index is -0.949. The number of carbonyl (C=O) groups is 1. The van der Waals surface area contributed by atoms with Crippen LogP contribution in [-0.4, -0.2) is 16.1 Å². The number of H-pyrrole nitrogens is 1. The summed E-state index contributed by atoms with van der Waals surface area (Å²) in [6, 6.07) is 3.56. The molecule has 124 valence electrons. The fraction of sp³-hybridized carbons (Fsp3) is 0.412. The van der Waals surface area contributed by atoms with Gasteiger partial charge in [0.25, 0.3) is 0 Å². The van der Waals surface area contributed by atoms with Crippen molar-refractivity contribution in [3.8, 4) is 11.3 Å². The third-order valence-electron chi connectivity index (χ3n) is 3.34. The SMILES string of the molecule is CCc1[nH]nc(-c2ccc(F)c(F)c2)c1NC(=O)CC(C)(C)C. The largest absolute Gasteiger partial charge is 0.323 e. The highest BCUT2D eigenvalue weighted by Gasteiger charge is 2.21. The summed E-state index contributed by atoms with van der Waals surface area (Å²) in [6.07, 6.45) is 0.973. The van der Waals surface area contributed by atoms with E-state index >= 15 is 0 Å². The zero-order valence-corrected chi connectivity index (χ0v) is 13.8. The minimum absolute atomic E-state index is 0.141. The van der Waals surface area contributed by atoms with Crippen LogP contribution in [0.15, 0.2) is 18.2 Å². The number of aryl methyl sites for hydroxylation is 1. The Morgan fingerprint density at radius 3 is 2.52 bits per heavy atom. The van der Waals surface area contributed by atoms with Crippen LogP contribution >= 0.6 is 0 Å². The molecule has 2 rings (SSSR count). The van der Waals surface area contributed by atoms with Crippen molar-refractivity contribution in [2.75, 3.05) is 5.32 Å². The van der Waals surface area contributed by atoms with Gasteiger partial charge < -0.3 is 5.32 Å². The van der Waals surface area contributed by atoms with Gasteiger partial charge in [0.2, 0.25) is 5.91 Å². The van der Waals surface area contributed by atoms with E-state index in [4.69, 9.17) is 0 Å². The van der Waals surface area contributed by atoms with Crippen LogP contribution < -0.4 is 5.32 Å². The van der Waals surface area contributed by atoms with Crippen LogP contribution in [0, 0.1) is 17.0 Å². The molecule has 1 amide bonds. The molecule has 1 heterocycles. The molecular formula is C17H21F2N3O. The van der Waals surface area contributed by atoms with E-state index in [1.807, 2.05) is 27.7 Å². The van der Waals surface area contributed by atoms with Gasteiger partial charge in [0.15, 0.2) is 11.6 Å². The Labute approximate surface area is 134 Å². The third kappa shape index (κ3) is 4.15. The first-order valence-corrected chi connectivity index (χ1v) is 7.54. The summed E-state index contributed by atoms with van der Waals surface area (Å²) >= 11 is 0. The number of nitrogens with zero attached hydrogens (tertiary/aromatic N) is 1. The number of benzene rings is 1. The van der Waals surface area contributed by atoms with Crippen LogP contribution in [0.2, 0.25) is 0 Å². The Bertz CT molecular complexity index is 717. The van der Waals surface area contributed by atoms with Gasteiger partial charge in [-0.1, -0.05) is 27.7 Å².